The normalized spacial score (nSPS) is 14.1. The molecule has 0 saturated carbocycles. The Hall–Kier alpha value is -0.860. The standard InChI is InChI=1S/C15H25NO/c1-12-8-6-7-9-14(12)10-16(5)11-15(3,4)13(2)17/h6-9,13,17H,10-11H2,1-5H3. The SMILES string of the molecule is Cc1ccccc1CN(C)CC(C)(C)C(C)O. The summed E-state index contributed by atoms with van der Waals surface area (Å²) < 4.78 is 0. The summed E-state index contributed by atoms with van der Waals surface area (Å²) in [6.45, 7) is 10.0. The zero-order valence-corrected chi connectivity index (χ0v) is 11.7. The van der Waals surface area contributed by atoms with Crippen LogP contribution in [0.25, 0.3) is 0 Å². The summed E-state index contributed by atoms with van der Waals surface area (Å²) in [5, 5.41) is 9.72. The van der Waals surface area contributed by atoms with E-state index in [1.54, 1.807) is 0 Å². The summed E-state index contributed by atoms with van der Waals surface area (Å²) in [5.41, 5.74) is 2.61. The molecule has 1 rings (SSSR count). The molecule has 0 radical (unpaired) electrons. The number of nitrogens with zero attached hydrogens (tertiary/aromatic N) is 1. The van der Waals surface area contributed by atoms with E-state index in [4.69, 9.17) is 0 Å². The van der Waals surface area contributed by atoms with Gasteiger partial charge in [-0.05, 0) is 32.0 Å². The van der Waals surface area contributed by atoms with Gasteiger partial charge in [0, 0.05) is 18.5 Å². The van der Waals surface area contributed by atoms with Crippen molar-refractivity contribution >= 4 is 0 Å². The molecule has 0 aliphatic rings. The topological polar surface area (TPSA) is 23.5 Å². The van der Waals surface area contributed by atoms with E-state index in [0.717, 1.165) is 13.1 Å². The van der Waals surface area contributed by atoms with E-state index < -0.39 is 0 Å². The van der Waals surface area contributed by atoms with Crippen LogP contribution >= 0.6 is 0 Å². The van der Waals surface area contributed by atoms with Gasteiger partial charge in [0.25, 0.3) is 0 Å². The fourth-order valence-corrected chi connectivity index (χ4v) is 1.96. The number of hydrogen-bond acceptors (Lipinski definition) is 2. The molecule has 2 heteroatoms. The lowest BCUT2D eigenvalue weighted by atomic mass is 9.87. The Labute approximate surface area is 105 Å². The predicted octanol–water partition coefficient (Wildman–Crippen LogP) is 2.83. The van der Waals surface area contributed by atoms with Crippen molar-refractivity contribution in [2.75, 3.05) is 13.6 Å². The van der Waals surface area contributed by atoms with Gasteiger partial charge in [-0.1, -0.05) is 38.1 Å². The molecule has 0 fully saturated rings. The second kappa shape index (κ2) is 5.65. The lowest BCUT2D eigenvalue weighted by molar-refractivity contribution is 0.0391. The van der Waals surface area contributed by atoms with Crippen LogP contribution in [0, 0.1) is 12.3 Å². The molecule has 1 atom stereocenters. The molecule has 0 bridgehead atoms. The van der Waals surface area contributed by atoms with Crippen LogP contribution in [0.1, 0.15) is 31.9 Å². The summed E-state index contributed by atoms with van der Waals surface area (Å²) in [5.74, 6) is 0. The quantitative estimate of drug-likeness (QED) is 0.848. The van der Waals surface area contributed by atoms with Crippen LogP contribution in [0.5, 0.6) is 0 Å². The molecule has 17 heavy (non-hydrogen) atoms. The molecule has 0 aliphatic carbocycles. The largest absolute Gasteiger partial charge is 0.393 e. The summed E-state index contributed by atoms with van der Waals surface area (Å²) in [6.07, 6.45) is -0.290. The van der Waals surface area contributed by atoms with Crippen LogP contribution in [0.4, 0.5) is 0 Å². The van der Waals surface area contributed by atoms with Crippen LogP contribution < -0.4 is 0 Å². The predicted molar refractivity (Wildman–Crippen MR) is 73.0 cm³/mol. The van der Waals surface area contributed by atoms with Crippen LogP contribution in [0.3, 0.4) is 0 Å². The highest BCUT2D eigenvalue weighted by Crippen LogP contribution is 2.22. The number of aryl methyl sites for hydroxylation is 1. The average Bonchev–Trinajstić information content (AvgIpc) is 2.20. The van der Waals surface area contributed by atoms with E-state index >= 15 is 0 Å². The molecule has 1 unspecified atom stereocenters. The number of benzene rings is 1. The van der Waals surface area contributed by atoms with Crippen LogP contribution in [-0.4, -0.2) is 29.7 Å². The summed E-state index contributed by atoms with van der Waals surface area (Å²) in [6, 6.07) is 8.46. The Morgan fingerprint density at radius 3 is 2.41 bits per heavy atom. The van der Waals surface area contributed by atoms with Crippen LogP contribution in [0.15, 0.2) is 24.3 Å². The molecule has 0 saturated heterocycles. The monoisotopic (exact) mass is 235 g/mol. The van der Waals surface area contributed by atoms with Crippen molar-refractivity contribution in [2.45, 2.75) is 40.3 Å². The third-order valence-electron chi connectivity index (χ3n) is 3.51. The van der Waals surface area contributed by atoms with Crippen molar-refractivity contribution in [3.05, 3.63) is 35.4 Å². The van der Waals surface area contributed by atoms with Gasteiger partial charge in [-0.3, -0.25) is 0 Å². The molecule has 0 spiro atoms. The fourth-order valence-electron chi connectivity index (χ4n) is 1.96. The second-order valence-corrected chi connectivity index (χ2v) is 5.76. The van der Waals surface area contributed by atoms with E-state index in [1.165, 1.54) is 11.1 Å². The molecular formula is C15H25NO. The Kier molecular flexibility index (Phi) is 4.72. The van der Waals surface area contributed by atoms with Crippen LogP contribution in [0.2, 0.25) is 0 Å². The van der Waals surface area contributed by atoms with Gasteiger partial charge in [0.05, 0.1) is 6.10 Å². The van der Waals surface area contributed by atoms with E-state index in [2.05, 4.69) is 57.0 Å². The van der Waals surface area contributed by atoms with Crippen molar-refractivity contribution in [3.63, 3.8) is 0 Å². The number of hydrogen-bond donors (Lipinski definition) is 1. The maximum Gasteiger partial charge on any atom is 0.0575 e. The lowest BCUT2D eigenvalue weighted by Gasteiger charge is -2.33. The first-order chi connectivity index (χ1) is 7.83. The maximum atomic E-state index is 9.72. The fraction of sp³-hybridized carbons (Fsp3) is 0.600. The Bertz CT molecular complexity index is 358. The van der Waals surface area contributed by atoms with E-state index in [1.807, 2.05) is 6.92 Å². The Balaban J connectivity index is 2.62. The zero-order chi connectivity index (χ0) is 13.1. The lowest BCUT2D eigenvalue weighted by Crippen LogP contribution is -2.38. The minimum Gasteiger partial charge on any atom is -0.393 e. The number of rotatable bonds is 5. The van der Waals surface area contributed by atoms with Gasteiger partial charge < -0.3 is 10.0 Å². The summed E-state index contributed by atoms with van der Waals surface area (Å²) in [4.78, 5) is 2.27. The van der Waals surface area contributed by atoms with Crippen molar-refractivity contribution in [3.8, 4) is 0 Å². The third-order valence-corrected chi connectivity index (χ3v) is 3.51. The molecular weight excluding hydrogens is 210 g/mol. The second-order valence-electron chi connectivity index (χ2n) is 5.76. The molecule has 2 nitrogen and oxygen atoms in total. The molecule has 0 amide bonds. The molecule has 96 valence electrons. The Morgan fingerprint density at radius 2 is 1.88 bits per heavy atom. The molecule has 0 heterocycles. The summed E-state index contributed by atoms with van der Waals surface area (Å²) >= 11 is 0. The smallest absolute Gasteiger partial charge is 0.0575 e. The first-order valence-electron chi connectivity index (χ1n) is 6.24. The van der Waals surface area contributed by atoms with Gasteiger partial charge in [0.15, 0.2) is 0 Å². The highest BCUT2D eigenvalue weighted by molar-refractivity contribution is 5.25. The zero-order valence-electron chi connectivity index (χ0n) is 11.7. The van der Waals surface area contributed by atoms with Gasteiger partial charge in [-0.15, -0.1) is 0 Å². The highest BCUT2D eigenvalue weighted by Gasteiger charge is 2.25. The van der Waals surface area contributed by atoms with Crippen LogP contribution in [-0.2, 0) is 6.54 Å². The first-order valence-corrected chi connectivity index (χ1v) is 6.24. The van der Waals surface area contributed by atoms with Gasteiger partial charge in [0.2, 0.25) is 0 Å². The minimum atomic E-state index is -0.290. The molecule has 1 aromatic carbocycles. The third kappa shape index (κ3) is 4.14. The highest BCUT2D eigenvalue weighted by atomic mass is 16.3. The van der Waals surface area contributed by atoms with Gasteiger partial charge >= 0.3 is 0 Å². The number of aliphatic hydroxyl groups excluding tert-OH is 1. The first kappa shape index (κ1) is 14.2. The van der Waals surface area contributed by atoms with E-state index in [0.29, 0.717) is 0 Å². The van der Waals surface area contributed by atoms with E-state index in [-0.39, 0.29) is 11.5 Å². The van der Waals surface area contributed by atoms with E-state index in [9.17, 15) is 5.11 Å². The molecule has 1 N–H and O–H groups in total. The van der Waals surface area contributed by atoms with Crippen molar-refractivity contribution < 1.29 is 5.11 Å². The molecule has 0 aromatic heterocycles. The van der Waals surface area contributed by atoms with Crippen molar-refractivity contribution in [2.24, 2.45) is 5.41 Å². The summed E-state index contributed by atoms with van der Waals surface area (Å²) in [7, 11) is 2.11. The van der Waals surface area contributed by atoms with Gasteiger partial charge in [-0.2, -0.15) is 0 Å². The minimum absolute atomic E-state index is 0.0720. The molecule has 0 aliphatic heterocycles. The van der Waals surface area contributed by atoms with Crippen molar-refractivity contribution in [1.29, 1.82) is 0 Å². The van der Waals surface area contributed by atoms with Gasteiger partial charge in [-0.25, -0.2) is 0 Å². The van der Waals surface area contributed by atoms with Crippen molar-refractivity contribution in [1.82, 2.24) is 4.90 Å². The molecule has 1 aromatic rings. The van der Waals surface area contributed by atoms with Gasteiger partial charge in [0.1, 0.15) is 0 Å². The Morgan fingerprint density at radius 1 is 1.29 bits per heavy atom. The maximum absolute atomic E-state index is 9.72. The average molecular weight is 235 g/mol. The number of aliphatic hydroxyl groups is 1.